The van der Waals surface area contributed by atoms with Crippen LogP contribution in [0.3, 0.4) is 0 Å². The molecule has 0 aliphatic carbocycles. The van der Waals surface area contributed by atoms with E-state index in [9.17, 15) is 0 Å². The topological polar surface area (TPSA) is 25.0 Å². The van der Waals surface area contributed by atoms with Gasteiger partial charge in [0, 0.05) is 11.9 Å². The van der Waals surface area contributed by atoms with E-state index >= 15 is 0 Å². The Kier molecular flexibility index (Phi) is 4.21. The number of hydrogen-bond donors (Lipinski definition) is 1. The van der Waals surface area contributed by atoms with Crippen molar-refractivity contribution in [1.29, 1.82) is 0 Å². The van der Waals surface area contributed by atoms with Gasteiger partial charge < -0.3 is 9.72 Å². The molecule has 0 bridgehead atoms. The number of H-pyrrole nitrogens is 1. The number of aromatic amines is 1. The number of aromatic nitrogens is 1. The summed E-state index contributed by atoms with van der Waals surface area (Å²) in [5, 5.41) is 0. The molecular formula is C16H21NO. The molecule has 0 atom stereocenters. The van der Waals surface area contributed by atoms with Gasteiger partial charge in [0.1, 0.15) is 0 Å². The first kappa shape index (κ1) is 12.9. The molecule has 0 radical (unpaired) electrons. The van der Waals surface area contributed by atoms with Gasteiger partial charge in [-0.05, 0) is 35.6 Å². The van der Waals surface area contributed by atoms with Crippen LogP contribution in [0.5, 0.6) is 0 Å². The summed E-state index contributed by atoms with van der Waals surface area (Å²) in [5.74, 6) is 0.586. The van der Waals surface area contributed by atoms with Gasteiger partial charge in [-0.3, -0.25) is 0 Å². The van der Waals surface area contributed by atoms with Gasteiger partial charge in [-0.2, -0.15) is 0 Å². The molecule has 0 spiro atoms. The molecule has 0 saturated heterocycles. The molecule has 2 heteroatoms. The lowest BCUT2D eigenvalue weighted by atomic mass is 10.0. The first-order valence-corrected chi connectivity index (χ1v) is 6.46. The van der Waals surface area contributed by atoms with Crippen LogP contribution in [0.1, 0.15) is 42.1 Å². The fourth-order valence-electron chi connectivity index (χ4n) is 1.92. The minimum Gasteiger partial charge on any atom is -0.372 e. The van der Waals surface area contributed by atoms with Crippen molar-refractivity contribution in [2.75, 3.05) is 0 Å². The van der Waals surface area contributed by atoms with E-state index < -0.39 is 0 Å². The number of rotatable bonds is 5. The fourth-order valence-corrected chi connectivity index (χ4v) is 1.92. The summed E-state index contributed by atoms with van der Waals surface area (Å²) in [7, 11) is 0. The second-order valence-electron chi connectivity index (χ2n) is 5.02. The zero-order valence-electron chi connectivity index (χ0n) is 11.4. The van der Waals surface area contributed by atoms with Crippen LogP contribution in [-0.4, -0.2) is 4.98 Å². The lowest BCUT2D eigenvalue weighted by Gasteiger charge is -2.07. The highest BCUT2D eigenvalue weighted by atomic mass is 16.5. The summed E-state index contributed by atoms with van der Waals surface area (Å²) in [6.45, 7) is 7.82. The van der Waals surface area contributed by atoms with Gasteiger partial charge in [-0.15, -0.1) is 0 Å². The molecule has 2 aromatic rings. The van der Waals surface area contributed by atoms with Crippen molar-refractivity contribution in [3.8, 4) is 0 Å². The molecule has 0 fully saturated rings. The molecule has 0 aliphatic heterocycles. The lowest BCUT2D eigenvalue weighted by molar-refractivity contribution is 0.107. The van der Waals surface area contributed by atoms with Crippen molar-refractivity contribution in [3.63, 3.8) is 0 Å². The van der Waals surface area contributed by atoms with E-state index in [1.54, 1.807) is 0 Å². The highest BCUT2D eigenvalue weighted by Gasteiger charge is 2.01. The molecule has 0 saturated carbocycles. The number of ether oxygens (including phenoxy) is 1. The molecule has 1 N–H and O–H groups in total. The monoisotopic (exact) mass is 243 g/mol. The Hall–Kier alpha value is -1.54. The SMILES string of the molecule is Cc1[nH]ccc1COCc1ccc(C(C)C)cc1. The van der Waals surface area contributed by atoms with Crippen LogP contribution < -0.4 is 0 Å². The molecule has 0 amide bonds. The molecule has 2 rings (SSSR count). The first-order valence-electron chi connectivity index (χ1n) is 6.46. The molecule has 1 aromatic carbocycles. The van der Waals surface area contributed by atoms with E-state index in [0.717, 1.165) is 0 Å². The summed E-state index contributed by atoms with van der Waals surface area (Å²) in [6, 6.07) is 10.7. The second-order valence-corrected chi connectivity index (χ2v) is 5.02. The van der Waals surface area contributed by atoms with Gasteiger partial charge in [0.2, 0.25) is 0 Å². The van der Waals surface area contributed by atoms with Crippen molar-refractivity contribution in [2.45, 2.75) is 39.9 Å². The van der Waals surface area contributed by atoms with Crippen LogP contribution in [-0.2, 0) is 18.0 Å². The first-order chi connectivity index (χ1) is 8.66. The van der Waals surface area contributed by atoms with E-state index in [4.69, 9.17) is 4.74 Å². The second kappa shape index (κ2) is 5.87. The smallest absolute Gasteiger partial charge is 0.0738 e. The van der Waals surface area contributed by atoms with Gasteiger partial charge in [0.25, 0.3) is 0 Å². The molecule has 0 aliphatic rings. The largest absolute Gasteiger partial charge is 0.372 e. The third-order valence-electron chi connectivity index (χ3n) is 3.24. The number of aryl methyl sites for hydroxylation is 1. The number of hydrogen-bond acceptors (Lipinski definition) is 1. The summed E-state index contributed by atoms with van der Waals surface area (Å²) >= 11 is 0. The molecule has 18 heavy (non-hydrogen) atoms. The number of benzene rings is 1. The quantitative estimate of drug-likeness (QED) is 0.838. The predicted octanol–water partition coefficient (Wildman–Crippen LogP) is 4.16. The van der Waals surface area contributed by atoms with Gasteiger partial charge in [-0.25, -0.2) is 0 Å². The normalized spacial score (nSPS) is 11.1. The van der Waals surface area contributed by atoms with Crippen LogP contribution in [0.2, 0.25) is 0 Å². The van der Waals surface area contributed by atoms with Crippen LogP contribution in [0.15, 0.2) is 36.5 Å². The molecule has 96 valence electrons. The molecule has 1 heterocycles. The van der Waals surface area contributed by atoms with Crippen molar-refractivity contribution in [2.24, 2.45) is 0 Å². The van der Waals surface area contributed by atoms with Crippen molar-refractivity contribution < 1.29 is 4.74 Å². The van der Waals surface area contributed by atoms with Gasteiger partial charge in [0.15, 0.2) is 0 Å². The summed E-state index contributed by atoms with van der Waals surface area (Å²) in [4.78, 5) is 3.16. The maximum absolute atomic E-state index is 5.73. The Bertz CT molecular complexity index is 482. The highest BCUT2D eigenvalue weighted by molar-refractivity contribution is 5.24. The van der Waals surface area contributed by atoms with E-state index in [1.165, 1.54) is 22.4 Å². The van der Waals surface area contributed by atoms with E-state index in [2.05, 4.69) is 56.1 Å². The summed E-state index contributed by atoms with van der Waals surface area (Å²) < 4.78 is 5.73. The Morgan fingerprint density at radius 1 is 1.06 bits per heavy atom. The average molecular weight is 243 g/mol. The van der Waals surface area contributed by atoms with E-state index in [0.29, 0.717) is 19.1 Å². The Labute approximate surface area is 109 Å². The average Bonchev–Trinajstić information content (AvgIpc) is 2.76. The minimum absolute atomic E-state index is 0.586. The third kappa shape index (κ3) is 3.23. The maximum Gasteiger partial charge on any atom is 0.0738 e. The van der Waals surface area contributed by atoms with E-state index in [1.807, 2.05) is 6.20 Å². The Balaban J connectivity index is 1.85. The maximum atomic E-state index is 5.73. The predicted molar refractivity (Wildman–Crippen MR) is 74.6 cm³/mol. The lowest BCUT2D eigenvalue weighted by Crippen LogP contribution is -1.95. The van der Waals surface area contributed by atoms with E-state index in [-0.39, 0.29) is 0 Å². The van der Waals surface area contributed by atoms with Gasteiger partial charge in [0.05, 0.1) is 13.2 Å². The van der Waals surface area contributed by atoms with Crippen molar-refractivity contribution in [1.82, 2.24) is 4.98 Å². The van der Waals surface area contributed by atoms with Crippen molar-refractivity contribution >= 4 is 0 Å². The third-order valence-corrected chi connectivity index (χ3v) is 3.24. The van der Waals surface area contributed by atoms with Crippen LogP contribution >= 0.6 is 0 Å². The van der Waals surface area contributed by atoms with Crippen molar-refractivity contribution in [3.05, 3.63) is 58.9 Å². The summed E-state index contributed by atoms with van der Waals surface area (Å²) in [5.41, 5.74) is 5.02. The molecule has 0 unspecified atom stereocenters. The van der Waals surface area contributed by atoms with Gasteiger partial charge >= 0.3 is 0 Å². The number of nitrogens with one attached hydrogen (secondary N) is 1. The van der Waals surface area contributed by atoms with Crippen LogP contribution in [0, 0.1) is 6.92 Å². The Morgan fingerprint density at radius 2 is 1.78 bits per heavy atom. The zero-order valence-corrected chi connectivity index (χ0v) is 11.4. The van der Waals surface area contributed by atoms with Crippen LogP contribution in [0.25, 0.3) is 0 Å². The minimum atomic E-state index is 0.586. The highest BCUT2D eigenvalue weighted by Crippen LogP contribution is 2.15. The molecular weight excluding hydrogens is 222 g/mol. The fraction of sp³-hybridized carbons (Fsp3) is 0.375. The Morgan fingerprint density at radius 3 is 2.33 bits per heavy atom. The summed E-state index contributed by atoms with van der Waals surface area (Å²) in [6.07, 6.45) is 1.95. The van der Waals surface area contributed by atoms with Gasteiger partial charge in [-0.1, -0.05) is 38.1 Å². The molecule has 2 nitrogen and oxygen atoms in total. The molecule has 1 aromatic heterocycles. The zero-order chi connectivity index (χ0) is 13.0. The standard InChI is InChI=1S/C16H21NO/c1-12(2)15-6-4-14(5-7-15)10-18-11-16-8-9-17-13(16)3/h4-9,12,17H,10-11H2,1-3H3. The van der Waals surface area contributed by atoms with Crippen LogP contribution in [0.4, 0.5) is 0 Å².